The largest absolute Gasteiger partial charge is 0.468 e. The van der Waals surface area contributed by atoms with Gasteiger partial charge in [0, 0.05) is 25.6 Å². The number of nitrogens with zero attached hydrogens (tertiary/aromatic N) is 3. The Morgan fingerprint density at radius 2 is 2.06 bits per heavy atom. The van der Waals surface area contributed by atoms with E-state index in [2.05, 4.69) is 10.2 Å². The maximum atomic E-state index is 13.6. The Morgan fingerprint density at radius 3 is 2.75 bits per heavy atom. The lowest BCUT2D eigenvalue weighted by atomic mass is 10.1. The molecule has 4 rings (SSSR count). The zero-order chi connectivity index (χ0) is 22.7. The van der Waals surface area contributed by atoms with Crippen LogP contribution in [0.15, 0.2) is 41.0 Å². The van der Waals surface area contributed by atoms with Gasteiger partial charge in [0.15, 0.2) is 0 Å². The van der Waals surface area contributed by atoms with Crippen molar-refractivity contribution in [3.05, 3.63) is 58.3 Å². The van der Waals surface area contributed by atoms with Crippen molar-refractivity contribution in [2.45, 2.75) is 31.7 Å². The van der Waals surface area contributed by atoms with Crippen molar-refractivity contribution < 1.29 is 23.3 Å². The van der Waals surface area contributed by atoms with Gasteiger partial charge in [0.05, 0.1) is 28.8 Å². The first-order valence-corrected chi connectivity index (χ1v) is 10.7. The molecule has 0 aliphatic carbocycles. The topological polar surface area (TPSA) is 109 Å². The van der Waals surface area contributed by atoms with Gasteiger partial charge in [-0.3, -0.25) is 24.6 Å². The number of carbonyl (C=O) groups excluding carboxylic acids is 2. The van der Waals surface area contributed by atoms with E-state index in [1.165, 1.54) is 17.4 Å². The summed E-state index contributed by atoms with van der Waals surface area (Å²) in [5.41, 5.74) is -0.494. The molecule has 1 N–H and O–H groups in total. The van der Waals surface area contributed by atoms with Crippen molar-refractivity contribution in [1.82, 2.24) is 10.2 Å². The monoisotopic (exact) mass is 444 g/mol. The predicted octanol–water partition coefficient (Wildman–Crippen LogP) is 3.02. The van der Waals surface area contributed by atoms with E-state index < -0.39 is 22.3 Å². The summed E-state index contributed by atoms with van der Waals surface area (Å²) in [5.74, 6) is -1.36. The normalized spacial score (nSPS) is 20.3. The molecule has 10 heteroatoms. The van der Waals surface area contributed by atoms with Crippen LogP contribution in [0.4, 0.5) is 15.8 Å². The summed E-state index contributed by atoms with van der Waals surface area (Å²) < 4.78 is 19.2. The number of nitro groups is 1. The Labute approximate surface area is 184 Å². The van der Waals surface area contributed by atoms with E-state index >= 15 is 0 Å². The van der Waals surface area contributed by atoms with Gasteiger partial charge in [-0.1, -0.05) is 6.42 Å². The lowest BCUT2D eigenvalue weighted by molar-refractivity contribution is -0.387. The molecule has 0 spiro atoms. The number of nitrogens with one attached hydrogen (secondary N) is 1. The molecule has 32 heavy (non-hydrogen) atoms. The highest BCUT2D eigenvalue weighted by Gasteiger charge is 2.36. The molecule has 2 unspecified atom stereocenters. The highest BCUT2D eigenvalue weighted by Crippen LogP contribution is 2.30. The van der Waals surface area contributed by atoms with Crippen LogP contribution in [0.2, 0.25) is 0 Å². The summed E-state index contributed by atoms with van der Waals surface area (Å²) in [4.78, 5) is 39.1. The Bertz CT molecular complexity index is 990. The van der Waals surface area contributed by atoms with Gasteiger partial charge in [0.25, 0.3) is 0 Å². The molecule has 0 bridgehead atoms. The standard InChI is InChI=1S/C22H25FN4O5/c23-17-7-6-16(12-18(17)27(30)31)26-14-15(11-21(26)28)22(29)24-13-19(20-5-4-10-32-20)25-8-2-1-3-9-25/h4-7,10,12,15,19H,1-3,8-9,11,13-14H2,(H,24,29). The van der Waals surface area contributed by atoms with Gasteiger partial charge in [-0.2, -0.15) is 4.39 Å². The number of likely N-dealkylation sites (tertiary alicyclic amines) is 1. The van der Waals surface area contributed by atoms with E-state index in [9.17, 15) is 24.1 Å². The Kier molecular flexibility index (Phi) is 6.50. The summed E-state index contributed by atoms with van der Waals surface area (Å²) in [7, 11) is 0. The number of anilines is 1. The fraction of sp³-hybridized carbons (Fsp3) is 0.455. The van der Waals surface area contributed by atoms with Crippen molar-refractivity contribution in [2.24, 2.45) is 5.92 Å². The molecule has 2 atom stereocenters. The molecule has 0 saturated carbocycles. The van der Waals surface area contributed by atoms with Gasteiger partial charge >= 0.3 is 5.69 Å². The molecule has 3 heterocycles. The number of benzene rings is 1. The first-order chi connectivity index (χ1) is 15.4. The second-order valence-corrected chi connectivity index (χ2v) is 8.17. The first kappa shape index (κ1) is 21.9. The summed E-state index contributed by atoms with van der Waals surface area (Å²) in [6, 6.07) is 6.93. The maximum absolute atomic E-state index is 13.6. The average molecular weight is 444 g/mol. The minimum Gasteiger partial charge on any atom is -0.468 e. The van der Waals surface area contributed by atoms with E-state index in [1.54, 1.807) is 6.26 Å². The summed E-state index contributed by atoms with van der Waals surface area (Å²) in [6.45, 7) is 2.31. The minimum absolute atomic E-state index is 0.00780. The van der Waals surface area contributed by atoms with Gasteiger partial charge in [0.1, 0.15) is 5.76 Å². The van der Waals surface area contributed by atoms with Crippen LogP contribution < -0.4 is 10.2 Å². The van der Waals surface area contributed by atoms with Crippen molar-refractivity contribution in [3.8, 4) is 0 Å². The molecule has 9 nitrogen and oxygen atoms in total. The van der Waals surface area contributed by atoms with Crippen LogP contribution in [0.1, 0.15) is 37.5 Å². The molecule has 2 aliphatic heterocycles. The average Bonchev–Trinajstić information content (AvgIpc) is 3.45. The van der Waals surface area contributed by atoms with Crippen LogP contribution >= 0.6 is 0 Å². The number of rotatable bonds is 7. The minimum atomic E-state index is -0.971. The summed E-state index contributed by atoms with van der Waals surface area (Å²) in [5, 5.41) is 14.0. The molecule has 1 aromatic heterocycles. The van der Waals surface area contributed by atoms with E-state index in [0.29, 0.717) is 6.54 Å². The van der Waals surface area contributed by atoms with Crippen molar-refractivity contribution in [1.29, 1.82) is 0 Å². The van der Waals surface area contributed by atoms with Gasteiger partial charge in [-0.05, 0) is 50.2 Å². The Balaban J connectivity index is 1.41. The van der Waals surface area contributed by atoms with Gasteiger partial charge in [-0.15, -0.1) is 0 Å². The van der Waals surface area contributed by atoms with E-state index in [-0.39, 0.29) is 36.5 Å². The molecular weight excluding hydrogens is 419 g/mol. The lowest BCUT2D eigenvalue weighted by Crippen LogP contribution is -2.42. The van der Waals surface area contributed by atoms with Crippen LogP contribution in [0, 0.1) is 21.8 Å². The van der Waals surface area contributed by atoms with E-state index in [4.69, 9.17) is 4.42 Å². The zero-order valence-corrected chi connectivity index (χ0v) is 17.5. The van der Waals surface area contributed by atoms with Gasteiger partial charge in [-0.25, -0.2) is 0 Å². The molecule has 2 aliphatic rings. The SMILES string of the molecule is O=C(NCC(c1ccco1)N1CCCCC1)C1CC(=O)N(c2ccc(F)c([N+](=O)[O-])c2)C1. The number of piperidine rings is 1. The third-order valence-corrected chi connectivity index (χ3v) is 6.11. The number of furan rings is 1. The molecule has 2 fully saturated rings. The van der Waals surface area contributed by atoms with Crippen LogP contribution in [0.5, 0.6) is 0 Å². The fourth-order valence-electron chi connectivity index (χ4n) is 4.40. The Hall–Kier alpha value is -3.27. The van der Waals surface area contributed by atoms with E-state index in [1.807, 2.05) is 12.1 Å². The number of nitro benzene ring substituents is 1. The fourth-order valence-corrected chi connectivity index (χ4v) is 4.40. The molecule has 170 valence electrons. The summed E-state index contributed by atoms with van der Waals surface area (Å²) >= 11 is 0. The second kappa shape index (κ2) is 9.47. The zero-order valence-electron chi connectivity index (χ0n) is 17.5. The molecule has 2 saturated heterocycles. The molecular formula is C22H25FN4O5. The van der Waals surface area contributed by atoms with Crippen molar-refractivity contribution in [2.75, 3.05) is 31.1 Å². The van der Waals surface area contributed by atoms with Crippen LogP contribution in [-0.4, -0.2) is 47.8 Å². The summed E-state index contributed by atoms with van der Waals surface area (Å²) in [6.07, 6.45) is 4.99. The van der Waals surface area contributed by atoms with Crippen molar-refractivity contribution in [3.63, 3.8) is 0 Å². The lowest BCUT2D eigenvalue weighted by Gasteiger charge is -2.33. The first-order valence-electron chi connectivity index (χ1n) is 10.7. The van der Waals surface area contributed by atoms with Gasteiger partial charge in [0.2, 0.25) is 17.6 Å². The van der Waals surface area contributed by atoms with Gasteiger partial charge < -0.3 is 14.6 Å². The third kappa shape index (κ3) is 4.64. The van der Waals surface area contributed by atoms with Crippen LogP contribution in [0.3, 0.4) is 0 Å². The van der Waals surface area contributed by atoms with Crippen LogP contribution in [-0.2, 0) is 9.59 Å². The molecule has 2 amide bonds. The van der Waals surface area contributed by atoms with E-state index in [0.717, 1.165) is 43.8 Å². The highest BCUT2D eigenvalue weighted by molar-refractivity contribution is 6.00. The van der Waals surface area contributed by atoms with Crippen LogP contribution in [0.25, 0.3) is 0 Å². The number of halogens is 1. The third-order valence-electron chi connectivity index (χ3n) is 6.11. The maximum Gasteiger partial charge on any atom is 0.306 e. The number of hydrogen-bond donors (Lipinski definition) is 1. The number of hydrogen-bond acceptors (Lipinski definition) is 6. The predicted molar refractivity (Wildman–Crippen MR) is 113 cm³/mol. The highest BCUT2D eigenvalue weighted by atomic mass is 19.1. The Morgan fingerprint density at radius 1 is 1.28 bits per heavy atom. The second-order valence-electron chi connectivity index (χ2n) is 8.17. The smallest absolute Gasteiger partial charge is 0.306 e. The quantitative estimate of drug-likeness (QED) is 0.519. The van der Waals surface area contributed by atoms with Crippen molar-refractivity contribution >= 4 is 23.2 Å². The number of amides is 2. The molecule has 2 aromatic rings. The molecule has 0 radical (unpaired) electrons. The molecule has 1 aromatic carbocycles. The number of carbonyl (C=O) groups is 2.